The number of nitrogens with two attached hydrogens (primary N) is 1. The van der Waals surface area contributed by atoms with E-state index in [1.807, 2.05) is 21.9 Å². The van der Waals surface area contributed by atoms with Gasteiger partial charge < -0.3 is 47.0 Å². The third-order valence-corrected chi connectivity index (χ3v) is 10.5. The van der Waals surface area contributed by atoms with Crippen LogP contribution in [0.1, 0.15) is 87.6 Å². The van der Waals surface area contributed by atoms with Crippen molar-refractivity contribution in [1.29, 1.82) is 10.7 Å². The zero-order valence-electron chi connectivity index (χ0n) is 32.9. The number of carbonyl (C=O) groups excluding carboxylic acids is 2. The normalized spacial score (nSPS) is 16.8. The highest BCUT2D eigenvalue weighted by Gasteiger charge is 2.38. The second kappa shape index (κ2) is 22.4. The lowest BCUT2D eigenvalue weighted by molar-refractivity contribution is -0.145. The molecule has 0 saturated carbocycles. The van der Waals surface area contributed by atoms with Gasteiger partial charge in [0.05, 0.1) is 11.6 Å². The summed E-state index contributed by atoms with van der Waals surface area (Å²) >= 11 is 0. The molecule has 2 aliphatic heterocycles. The minimum Gasteiger partial charge on any atom is -0.481 e. The largest absolute Gasteiger partial charge is 0.481 e. The lowest BCUT2D eigenvalue weighted by atomic mass is 9.91. The average molecular weight is 830 g/mol. The number of carbonyl (C=O) groups is 4. The van der Waals surface area contributed by atoms with Gasteiger partial charge in [0, 0.05) is 57.7 Å². The first-order valence-electron chi connectivity index (χ1n) is 19.9. The second-order valence-corrected chi connectivity index (χ2v) is 14.9. The Morgan fingerprint density at radius 1 is 0.949 bits per heavy atom. The van der Waals surface area contributed by atoms with Crippen LogP contribution in [-0.2, 0) is 31.8 Å². The van der Waals surface area contributed by atoms with Gasteiger partial charge in [-0.1, -0.05) is 12.1 Å². The van der Waals surface area contributed by atoms with E-state index in [1.54, 1.807) is 18.2 Å². The maximum atomic E-state index is 14.1. The van der Waals surface area contributed by atoms with Gasteiger partial charge >= 0.3 is 18.1 Å². The van der Waals surface area contributed by atoms with Crippen molar-refractivity contribution < 1.29 is 42.6 Å². The van der Waals surface area contributed by atoms with Crippen LogP contribution < -0.4 is 36.8 Å². The van der Waals surface area contributed by atoms with Crippen LogP contribution in [0.3, 0.4) is 0 Å². The van der Waals surface area contributed by atoms with Crippen molar-refractivity contribution >= 4 is 41.3 Å². The number of carboxylic acids is 2. The molecule has 3 heterocycles. The summed E-state index contributed by atoms with van der Waals surface area (Å²) < 4.78 is 42.3. The molecule has 322 valence electrons. The van der Waals surface area contributed by atoms with Crippen LogP contribution in [0.15, 0.2) is 30.3 Å². The highest BCUT2D eigenvalue weighted by molar-refractivity contribution is 5.90. The molecule has 0 radical (unpaired) electrons. The van der Waals surface area contributed by atoms with E-state index in [2.05, 4.69) is 37.3 Å². The zero-order chi connectivity index (χ0) is 43.0. The van der Waals surface area contributed by atoms with Crippen LogP contribution in [0.2, 0.25) is 0 Å². The summed E-state index contributed by atoms with van der Waals surface area (Å²) in [7, 11) is 0. The quantitative estimate of drug-likeness (QED) is 0.0482. The third kappa shape index (κ3) is 15.2. The number of aromatic nitrogens is 2. The molecular formula is C39H54F3N11O6. The third-order valence-electron chi connectivity index (χ3n) is 10.5. The van der Waals surface area contributed by atoms with Crippen LogP contribution in [-0.4, -0.2) is 107 Å². The molecule has 1 aromatic heterocycles. The van der Waals surface area contributed by atoms with Crippen LogP contribution >= 0.6 is 0 Å². The van der Waals surface area contributed by atoms with Crippen molar-refractivity contribution in [3.8, 4) is 6.07 Å². The number of carboxylic acid groups (broad SMARTS) is 2. The molecule has 0 bridgehead atoms. The number of nitrogens with one attached hydrogen (secondary N) is 5. The Bertz CT molecular complexity index is 1780. The molecule has 1 unspecified atom stereocenters. The molecule has 20 heteroatoms. The Labute approximate surface area is 340 Å². The average Bonchev–Trinajstić information content (AvgIpc) is 3.67. The number of anilines is 2. The van der Waals surface area contributed by atoms with Crippen molar-refractivity contribution in [1.82, 2.24) is 31.2 Å². The Morgan fingerprint density at radius 2 is 1.66 bits per heavy atom. The number of nitriles is 1. The second-order valence-electron chi connectivity index (χ2n) is 14.9. The first kappa shape index (κ1) is 46.0. The molecular weight excluding hydrogens is 775 g/mol. The van der Waals surface area contributed by atoms with Crippen LogP contribution in [0.4, 0.5) is 24.8 Å². The van der Waals surface area contributed by atoms with Gasteiger partial charge in [-0.2, -0.15) is 18.4 Å². The summed E-state index contributed by atoms with van der Waals surface area (Å²) in [5, 5.41) is 45.7. The van der Waals surface area contributed by atoms with Crippen molar-refractivity contribution in [3.63, 3.8) is 0 Å². The number of benzene rings is 1. The number of amides is 2. The lowest BCUT2D eigenvalue weighted by Crippen LogP contribution is -2.51. The Kier molecular flexibility index (Phi) is 17.5. The Hall–Kier alpha value is -5.71. The smallest absolute Gasteiger partial charge is 0.451 e. The number of nitrogens with zero attached hydrogens (tertiary/aromatic N) is 5. The molecule has 2 amide bonds. The van der Waals surface area contributed by atoms with Crippen molar-refractivity contribution in [3.05, 3.63) is 47.3 Å². The fraction of sp³-hybridized carbons (Fsp3) is 0.590. The summed E-state index contributed by atoms with van der Waals surface area (Å²) in [6.07, 6.45) is -0.253. The SMILES string of the molecule is N#Cc1ccc(CCNCC2CCCN2c2cc(N3CCC(CCCC(=O)N[C@H](CCCNC(=N)N)C(=O)N[C@H](CCC(=O)O)C(=O)O)CC3)nc(C(F)(F)F)n2)cc1. The van der Waals surface area contributed by atoms with Gasteiger partial charge in [-0.15, -0.1) is 0 Å². The maximum absolute atomic E-state index is 14.1. The van der Waals surface area contributed by atoms with E-state index in [0.29, 0.717) is 70.4 Å². The lowest BCUT2D eigenvalue weighted by Gasteiger charge is -2.34. The molecule has 1 aromatic carbocycles. The highest BCUT2D eigenvalue weighted by Crippen LogP contribution is 2.34. The summed E-state index contributed by atoms with van der Waals surface area (Å²) in [6.45, 7) is 2.98. The van der Waals surface area contributed by atoms with Crippen molar-refractivity contribution in [2.75, 3.05) is 49.1 Å². The molecule has 59 heavy (non-hydrogen) atoms. The molecule has 2 aliphatic rings. The summed E-state index contributed by atoms with van der Waals surface area (Å²) in [4.78, 5) is 60.3. The molecule has 17 nitrogen and oxygen atoms in total. The molecule has 2 saturated heterocycles. The molecule has 9 N–H and O–H groups in total. The number of hydrogen-bond acceptors (Lipinski definition) is 11. The van der Waals surface area contributed by atoms with Gasteiger partial charge in [-0.05, 0) is 94.4 Å². The Morgan fingerprint density at radius 3 is 2.31 bits per heavy atom. The predicted molar refractivity (Wildman–Crippen MR) is 211 cm³/mol. The highest BCUT2D eigenvalue weighted by atomic mass is 19.4. The summed E-state index contributed by atoms with van der Waals surface area (Å²) in [6, 6.07) is 8.47. The van der Waals surface area contributed by atoms with Crippen molar-refractivity contribution in [2.45, 2.75) is 101 Å². The topological polar surface area (TPSA) is 263 Å². The van der Waals surface area contributed by atoms with Gasteiger partial charge in [0.2, 0.25) is 17.6 Å². The van der Waals surface area contributed by atoms with E-state index in [9.17, 15) is 37.5 Å². The minimum atomic E-state index is -4.73. The van der Waals surface area contributed by atoms with E-state index < -0.39 is 54.3 Å². The first-order chi connectivity index (χ1) is 28.1. The summed E-state index contributed by atoms with van der Waals surface area (Å²) in [5.74, 6) is -4.64. The number of rotatable bonds is 22. The molecule has 0 spiro atoms. The number of halogens is 3. The number of piperidine rings is 1. The number of alkyl halides is 3. The fourth-order valence-electron chi connectivity index (χ4n) is 7.32. The summed E-state index contributed by atoms with van der Waals surface area (Å²) in [5.41, 5.74) is 6.97. The van der Waals surface area contributed by atoms with Crippen LogP contribution in [0, 0.1) is 22.7 Å². The zero-order valence-corrected chi connectivity index (χ0v) is 32.9. The van der Waals surface area contributed by atoms with E-state index in [0.717, 1.165) is 24.8 Å². The van der Waals surface area contributed by atoms with Gasteiger partial charge in [-0.3, -0.25) is 19.8 Å². The van der Waals surface area contributed by atoms with Crippen molar-refractivity contribution in [2.24, 2.45) is 11.7 Å². The monoisotopic (exact) mass is 829 g/mol. The van der Waals surface area contributed by atoms with Gasteiger partial charge in [0.15, 0.2) is 5.96 Å². The van der Waals surface area contributed by atoms with Crippen LogP contribution in [0.5, 0.6) is 0 Å². The molecule has 2 fully saturated rings. The van der Waals surface area contributed by atoms with Gasteiger partial charge in [-0.25, -0.2) is 14.8 Å². The maximum Gasteiger partial charge on any atom is 0.451 e. The molecule has 0 aliphatic carbocycles. The van der Waals surface area contributed by atoms with Crippen LogP contribution in [0.25, 0.3) is 0 Å². The fourth-order valence-corrected chi connectivity index (χ4v) is 7.32. The number of hydrogen-bond donors (Lipinski definition) is 8. The minimum absolute atomic E-state index is 0.0402. The first-order valence-corrected chi connectivity index (χ1v) is 19.9. The van der Waals surface area contributed by atoms with Gasteiger partial charge in [0.25, 0.3) is 0 Å². The van der Waals surface area contributed by atoms with E-state index in [1.165, 1.54) is 0 Å². The number of aliphatic carboxylic acids is 2. The van der Waals surface area contributed by atoms with E-state index >= 15 is 0 Å². The standard InChI is InChI=1S/C39H54F3N11O6/c40-39(41,42)37-50-31(22-32(51-37)53-19-3-5-28(53)24-46-18-14-26-8-10-27(23-43)11-9-26)52-20-15-25(16-21-52)4-1-7-33(54)48-29(6-2-17-47-38(44)45)35(57)49-30(36(58)59)12-13-34(55)56/h8-11,22,25,28-30,46H,1-7,12-21,24H2,(H,48,54)(H,49,57)(H,55,56)(H,58,59)(H4,44,45,47)/t28?,29-,30-/m1/s1. The number of guanidine groups is 1. The molecule has 3 atom stereocenters. The molecule has 4 rings (SSSR count). The molecule has 2 aromatic rings. The predicted octanol–water partition coefficient (Wildman–Crippen LogP) is 2.74. The van der Waals surface area contributed by atoms with Gasteiger partial charge in [0.1, 0.15) is 23.7 Å². The van der Waals surface area contributed by atoms with E-state index in [4.69, 9.17) is 21.5 Å². The van der Waals surface area contributed by atoms with E-state index in [-0.39, 0.29) is 55.4 Å². The Balaban J connectivity index is 1.29.